The summed E-state index contributed by atoms with van der Waals surface area (Å²) in [4.78, 5) is 6.31. The van der Waals surface area contributed by atoms with Gasteiger partial charge in [-0.15, -0.1) is 11.6 Å². The molecule has 0 aromatic rings. The standard InChI is InChI=1S/C19H21Cl2F3N2O2/c1-18(2)8-9(19(22,23)24)6-13-16(18)25-14(26(13)3)7-11-12(20)5-4-10(15(11)21)17(27)28/h4-6,8,11,15-17,27-28H,7H2,1-3H3. The molecule has 0 fully saturated rings. The van der Waals surface area contributed by atoms with Crippen molar-refractivity contribution >= 4 is 29.0 Å². The van der Waals surface area contributed by atoms with Crippen molar-refractivity contribution in [1.82, 2.24) is 4.90 Å². The van der Waals surface area contributed by atoms with Crippen LogP contribution in [0.25, 0.3) is 0 Å². The van der Waals surface area contributed by atoms with E-state index < -0.39 is 40.8 Å². The lowest BCUT2D eigenvalue weighted by molar-refractivity contribution is -0.0896. The van der Waals surface area contributed by atoms with E-state index in [1.165, 1.54) is 12.2 Å². The van der Waals surface area contributed by atoms with Gasteiger partial charge in [0.05, 0.1) is 11.0 Å². The summed E-state index contributed by atoms with van der Waals surface area (Å²) in [5, 5.41) is 18.6. The SMILES string of the molecule is CN1C2=CC(C(F)(F)F)=CC(C)(C)C2N=C1CC1C(Cl)=CC=C(C(O)O)C1Cl. The topological polar surface area (TPSA) is 56.1 Å². The van der Waals surface area contributed by atoms with Gasteiger partial charge in [0.15, 0.2) is 6.29 Å². The molecule has 3 unspecified atom stereocenters. The van der Waals surface area contributed by atoms with Gasteiger partial charge in [-0.25, -0.2) is 0 Å². The number of alkyl halides is 4. The first kappa shape index (κ1) is 21.4. The fourth-order valence-corrected chi connectivity index (χ4v) is 4.52. The van der Waals surface area contributed by atoms with Gasteiger partial charge in [0.2, 0.25) is 0 Å². The molecule has 2 aliphatic carbocycles. The number of likely N-dealkylation sites (N-methyl/N-ethyl adjacent to an activating group) is 1. The maximum atomic E-state index is 13.3. The van der Waals surface area contributed by atoms with Crippen LogP contribution in [0.15, 0.2) is 51.2 Å². The molecule has 1 heterocycles. The number of allylic oxidation sites excluding steroid dienone is 5. The molecule has 3 rings (SSSR count). The summed E-state index contributed by atoms with van der Waals surface area (Å²) in [6.45, 7) is 3.44. The minimum Gasteiger partial charge on any atom is -0.365 e. The van der Waals surface area contributed by atoms with Crippen molar-refractivity contribution in [2.75, 3.05) is 7.05 Å². The quantitative estimate of drug-likeness (QED) is 0.517. The van der Waals surface area contributed by atoms with E-state index in [4.69, 9.17) is 23.2 Å². The summed E-state index contributed by atoms with van der Waals surface area (Å²) >= 11 is 12.7. The predicted octanol–water partition coefficient (Wildman–Crippen LogP) is 4.10. The molecular formula is C19H21Cl2F3N2O2. The van der Waals surface area contributed by atoms with Gasteiger partial charge in [-0.3, -0.25) is 4.99 Å². The molecule has 0 saturated carbocycles. The lowest BCUT2D eigenvalue weighted by atomic mass is 9.77. The Bertz CT molecular complexity index is 826. The average molecular weight is 437 g/mol. The number of amidine groups is 1. The van der Waals surface area contributed by atoms with Gasteiger partial charge in [-0.1, -0.05) is 37.6 Å². The molecule has 0 aromatic carbocycles. The molecule has 4 nitrogen and oxygen atoms in total. The van der Waals surface area contributed by atoms with Gasteiger partial charge in [-0.2, -0.15) is 13.2 Å². The molecule has 154 valence electrons. The molecule has 0 spiro atoms. The normalized spacial score (nSPS) is 29.8. The van der Waals surface area contributed by atoms with Crippen molar-refractivity contribution in [3.63, 3.8) is 0 Å². The third kappa shape index (κ3) is 3.77. The van der Waals surface area contributed by atoms with Crippen LogP contribution in [0, 0.1) is 11.3 Å². The Kier molecular flexibility index (Phi) is 5.51. The van der Waals surface area contributed by atoms with Crippen LogP contribution in [-0.2, 0) is 0 Å². The average Bonchev–Trinajstić information content (AvgIpc) is 2.87. The van der Waals surface area contributed by atoms with Crippen LogP contribution in [0.1, 0.15) is 20.3 Å². The highest BCUT2D eigenvalue weighted by Gasteiger charge is 2.46. The summed E-state index contributed by atoms with van der Waals surface area (Å²) in [7, 11) is 1.67. The first-order valence-corrected chi connectivity index (χ1v) is 9.54. The summed E-state index contributed by atoms with van der Waals surface area (Å²) in [5.41, 5.74) is -0.819. The molecule has 0 radical (unpaired) electrons. The van der Waals surface area contributed by atoms with E-state index in [2.05, 4.69) is 4.99 Å². The van der Waals surface area contributed by atoms with Crippen molar-refractivity contribution in [3.8, 4) is 0 Å². The zero-order valence-corrected chi connectivity index (χ0v) is 17.0. The zero-order valence-electron chi connectivity index (χ0n) is 15.5. The molecular weight excluding hydrogens is 416 g/mol. The highest BCUT2D eigenvalue weighted by molar-refractivity contribution is 6.32. The largest absolute Gasteiger partial charge is 0.416 e. The van der Waals surface area contributed by atoms with Crippen LogP contribution >= 0.6 is 23.2 Å². The molecule has 3 atom stereocenters. The van der Waals surface area contributed by atoms with E-state index in [-0.39, 0.29) is 12.0 Å². The molecule has 9 heteroatoms. The second-order valence-electron chi connectivity index (χ2n) is 7.80. The van der Waals surface area contributed by atoms with E-state index in [0.717, 1.165) is 6.08 Å². The summed E-state index contributed by atoms with van der Waals surface area (Å²) in [6, 6.07) is -0.447. The van der Waals surface area contributed by atoms with Gasteiger partial charge >= 0.3 is 6.18 Å². The number of nitrogens with zero attached hydrogens (tertiary/aromatic N) is 2. The second kappa shape index (κ2) is 7.20. The number of hydrogen-bond acceptors (Lipinski definition) is 4. The number of rotatable bonds is 3. The van der Waals surface area contributed by atoms with E-state index >= 15 is 0 Å². The van der Waals surface area contributed by atoms with E-state index in [0.29, 0.717) is 16.6 Å². The van der Waals surface area contributed by atoms with Crippen LogP contribution in [-0.4, -0.2) is 51.9 Å². The Morgan fingerprint density at radius 1 is 1.29 bits per heavy atom. The minimum atomic E-state index is -4.44. The highest BCUT2D eigenvalue weighted by atomic mass is 35.5. The molecule has 0 amide bonds. The van der Waals surface area contributed by atoms with E-state index in [1.54, 1.807) is 31.9 Å². The van der Waals surface area contributed by atoms with Gasteiger partial charge in [0.25, 0.3) is 0 Å². The highest BCUT2D eigenvalue weighted by Crippen LogP contribution is 2.45. The summed E-state index contributed by atoms with van der Waals surface area (Å²) in [6.07, 6.45) is -0.534. The van der Waals surface area contributed by atoms with E-state index in [9.17, 15) is 23.4 Å². The molecule has 0 saturated heterocycles. The summed E-state index contributed by atoms with van der Waals surface area (Å²) < 4.78 is 39.9. The second-order valence-corrected chi connectivity index (χ2v) is 8.71. The fourth-order valence-electron chi connectivity index (χ4n) is 3.78. The minimum absolute atomic E-state index is 0.218. The number of aliphatic imine (C=N–C) groups is 1. The maximum Gasteiger partial charge on any atom is 0.416 e. The van der Waals surface area contributed by atoms with Crippen molar-refractivity contribution in [1.29, 1.82) is 0 Å². The van der Waals surface area contributed by atoms with Crippen molar-refractivity contribution in [2.24, 2.45) is 16.3 Å². The molecule has 3 aliphatic rings. The monoisotopic (exact) mass is 436 g/mol. The first-order chi connectivity index (χ1) is 12.8. The fraction of sp³-hybridized carbons (Fsp3) is 0.526. The lowest BCUT2D eigenvalue weighted by Crippen LogP contribution is -2.35. The van der Waals surface area contributed by atoms with Crippen LogP contribution in [0.2, 0.25) is 0 Å². The molecule has 1 aliphatic heterocycles. The third-order valence-electron chi connectivity index (χ3n) is 5.36. The summed E-state index contributed by atoms with van der Waals surface area (Å²) in [5.74, 6) is 0.0854. The number of aliphatic hydroxyl groups excluding tert-OH is 1. The van der Waals surface area contributed by atoms with Crippen molar-refractivity contribution in [2.45, 2.75) is 44.2 Å². The number of aliphatic hydroxyl groups is 2. The molecule has 0 bridgehead atoms. The number of halogens is 5. The van der Waals surface area contributed by atoms with Crippen molar-refractivity contribution < 1.29 is 23.4 Å². The predicted molar refractivity (Wildman–Crippen MR) is 103 cm³/mol. The first-order valence-electron chi connectivity index (χ1n) is 8.72. The Balaban J connectivity index is 1.89. The van der Waals surface area contributed by atoms with Crippen LogP contribution < -0.4 is 0 Å². The lowest BCUT2D eigenvalue weighted by Gasteiger charge is -2.34. The Hall–Kier alpha value is -1.28. The van der Waals surface area contributed by atoms with Gasteiger partial charge < -0.3 is 15.1 Å². The number of hydrogen-bond donors (Lipinski definition) is 2. The van der Waals surface area contributed by atoms with Crippen LogP contribution in [0.3, 0.4) is 0 Å². The van der Waals surface area contributed by atoms with Crippen LogP contribution in [0.4, 0.5) is 13.2 Å². The maximum absolute atomic E-state index is 13.3. The number of fused-ring (bicyclic) bond motifs is 1. The van der Waals surface area contributed by atoms with Gasteiger partial charge in [-0.05, 0) is 12.2 Å². The molecule has 2 N–H and O–H groups in total. The smallest absolute Gasteiger partial charge is 0.365 e. The van der Waals surface area contributed by atoms with Gasteiger partial charge in [0.1, 0.15) is 11.9 Å². The third-order valence-corrected chi connectivity index (χ3v) is 6.32. The molecule has 0 aromatic heterocycles. The Labute approximate surface area is 171 Å². The van der Waals surface area contributed by atoms with Gasteiger partial charge in [0, 0.05) is 41.1 Å². The Morgan fingerprint density at radius 3 is 2.50 bits per heavy atom. The zero-order chi connectivity index (χ0) is 21.0. The molecule has 28 heavy (non-hydrogen) atoms. The Morgan fingerprint density at radius 2 is 1.93 bits per heavy atom. The van der Waals surface area contributed by atoms with Crippen molar-refractivity contribution in [3.05, 3.63) is 46.2 Å². The van der Waals surface area contributed by atoms with Crippen LogP contribution in [0.5, 0.6) is 0 Å². The van der Waals surface area contributed by atoms with E-state index in [1.807, 2.05) is 0 Å².